The van der Waals surface area contributed by atoms with Crippen LogP contribution in [0.5, 0.6) is 0 Å². The van der Waals surface area contributed by atoms with Crippen molar-refractivity contribution >= 4 is 5.91 Å². The molecule has 0 radical (unpaired) electrons. The van der Waals surface area contributed by atoms with Crippen LogP contribution in [0.1, 0.15) is 84.5 Å². The molecule has 0 saturated heterocycles. The van der Waals surface area contributed by atoms with Crippen LogP contribution >= 0.6 is 0 Å². The molecule has 3 heteroatoms. The van der Waals surface area contributed by atoms with Crippen molar-refractivity contribution in [2.75, 3.05) is 0 Å². The first kappa shape index (κ1) is 17.8. The van der Waals surface area contributed by atoms with Gasteiger partial charge in [-0.2, -0.15) is 0 Å². The van der Waals surface area contributed by atoms with Crippen molar-refractivity contribution in [1.82, 2.24) is 5.32 Å². The van der Waals surface area contributed by atoms with Crippen LogP contribution in [0.3, 0.4) is 0 Å². The molecule has 2 aliphatic rings. The molecule has 3 nitrogen and oxygen atoms in total. The molecular weight excluding hydrogens is 274 g/mol. The van der Waals surface area contributed by atoms with Gasteiger partial charge in [0.1, 0.15) is 0 Å². The van der Waals surface area contributed by atoms with E-state index in [-0.39, 0.29) is 11.8 Å². The van der Waals surface area contributed by atoms with Gasteiger partial charge in [0.25, 0.3) is 0 Å². The summed E-state index contributed by atoms with van der Waals surface area (Å²) >= 11 is 0. The summed E-state index contributed by atoms with van der Waals surface area (Å²) < 4.78 is 0. The first-order chi connectivity index (χ1) is 10.6. The molecule has 0 aromatic heterocycles. The highest BCUT2D eigenvalue weighted by molar-refractivity contribution is 5.79. The predicted octanol–water partition coefficient (Wildman–Crippen LogP) is 4.04. The van der Waals surface area contributed by atoms with Crippen molar-refractivity contribution in [2.24, 2.45) is 17.8 Å². The first-order valence-corrected chi connectivity index (χ1v) is 9.58. The van der Waals surface area contributed by atoms with Crippen LogP contribution < -0.4 is 5.32 Å². The summed E-state index contributed by atoms with van der Waals surface area (Å²) in [4.78, 5) is 12.7. The van der Waals surface area contributed by atoms with Crippen molar-refractivity contribution in [3.05, 3.63) is 0 Å². The summed E-state index contributed by atoms with van der Waals surface area (Å²) in [5, 5.41) is 13.7. The van der Waals surface area contributed by atoms with Gasteiger partial charge in [-0.1, -0.05) is 58.8 Å². The standard InChI is InChI=1S/C19H35NO2/c1-3-4-9-18(21)17(13-15-10-11-15)19(22)20-16-8-6-5-7-14(2)12-16/h14-18,21H,3-13H2,1-2H3,(H,20,22). The molecule has 4 unspecified atom stereocenters. The van der Waals surface area contributed by atoms with E-state index in [0.29, 0.717) is 17.9 Å². The van der Waals surface area contributed by atoms with Gasteiger partial charge in [-0.25, -0.2) is 0 Å². The summed E-state index contributed by atoms with van der Waals surface area (Å²) in [5.74, 6) is 1.33. The molecule has 4 atom stereocenters. The number of carbonyl (C=O) groups is 1. The number of amides is 1. The molecular formula is C19H35NO2. The summed E-state index contributed by atoms with van der Waals surface area (Å²) in [5.41, 5.74) is 0. The van der Waals surface area contributed by atoms with E-state index in [1.165, 1.54) is 32.1 Å². The maximum Gasteiger partial charge on any atom is 0.225 e. The molecule has 0 aromatic carbocycles. The average molecular weight is 309 g/mol. The summed E-state index contributed by atoms with van der Waals surface area (Å²) in [6, 6.07) is 0.324. The molecule has 0 spiro atoms. The van der Waals surface area contributed by atoms with Crippen LogP contribution in [-0.2, 0) is 4.79 Å². The zero-order valence-electron chi connectivity index (χ0n) is 14.5. The third kappa shape index (κ3) is 5.91. The Labute approximate surface area is 136 Å². The fourth-order valence-corrected chi connectivity index (χ4v) is 3.81. The Morgan fingerprint density at radius 2 is 1.95 bits per heavy atom. The molecule has 2 aliphatic carbocycles. The normalized spacial score (nSPS) is 28.7. The molecule has 2 rings (SSSR count). The molecule has 0 heterocycles. The molecule has 0 aliphatic heterocycles. The zero-order valence-corrected chi connectivity index (χ0v) is 14.5. The maximum atomic E-state index is 12.7. The number of hydrogen-bond acceptors (Lipinski definition) is 2. The van der Waals surface area contributed by atoms with Crippen LogP contribution in [-0.4, -0.2) is 23.2 Å². The van der Waals surface area contributed by atoms with Crippen LogP contribution in [0.4, 0.5) is 0 Å². The highest BCUT2D eigenvalue weighted by Gasteiger charge is 2.34. The Hall–Kier alpha value is -0.570. The summed E-state index contributed by atoms with van der Waals surface area (Å²) in [6.07, 6.45) is 11.8. The lowest BCUT2D eigenvalue weighted by Crippen LogP contribution is -2.43. The molecule has 0 aromatic rings. The Kier molecular flexibility index (Phi) is 7.20. The minimum Gasteiger partial charge on any atom is -0.392 e. The van der Waals surface area contributed by atoms with Gasteiger partial charge in [0.15, 0.2) is 0 Å². The topological polar surface area (TPSA) is 49.3 Å². The second-order valence-electron chi connectivity index (χ2n) is 7.83. The number of nitrogens with one attached hydrogen (secondary N) is 1. The van der Waals surface area contributed by atoms with Crippen LogP contribution in [0.25, 0.3) is 0 Å². The lowest BCUT2D eigenvalue weighted by Gasteiger charge is -2.26. The van der Waals surface area contributed by atoms with Crippen LogP contribution in [0, 0.1) is 17.8 Å². The van der Waals surface area contributed by atoms with Crippen molar-refractivity contribution in [3.8, 4) is 0 Å². The van der Waals surface area contributed by atoms with E-state index in [2.05, 4.69) is 19.2 Å². The van der Waals surface area contributed by atoms with Gasteiger partial charge in [0, 0.05) is 6.04 Å². The first-order valence-electron chi connectivity index (χ1n) is 9.58. The van der Waals surface area contributed by atoms with Gasteiger partial charge >= 0.3 is 0 Å². The predicted molar refractivity (Wildman–Crippen MR) is 90.5 cm³/mol. The van der Waals surface area contributed by atoms with Crippen molar-refractivity contribution in [3.63, 3.8) is 0 Å². The third-order valence-electron chi connectivity index (χ3n) is 5.47. The highest BCUT2D eigenvalue weighted by atomic mass is 16.3. The quantitative estimate of drug-likeness (QED) is 0.665. The number of carbonyl (C=O) groups excluding carboxylic acids is 1. The molecule has 2 saturated carbocycles. The SMILES string of the molecule is CCCCC(O)C(CC1CC1)C(=O)NC1CCCCC(C)C1. The fraction of sp³-hybridized carbons (Fsp3) is 0.947. The lowest BCUT2D eigenvalue weighted by atomic mass is 9.90. The van der Waals surface area contributed by atoms with Gasteiger partial charge in [0.05, 0.1) is 12.0 Å². The van der Waals surface area contributed by atoms with E-state index in [4.69, 9.17) is 0 Å². The Morgan fingerprint density at radius 1 is 1.23 bits per heavy atom. The van der Waals surface area contributed by atoms with Crippen LogP contribution in [0.2, 0.25) is 0 Å². The van der Waals surface area contributed by atoms with E-state index in [0.717, 1.165) is 38.5 Å². The average Bonchev–Trinajstić information content (AvgIpc) is 3.30. The van der Waals surface area contributed by atoms with E-state index >= 15 is 0 Å². The second-order valence-corrected chi connectivity index (χ2v) is 7.83. The molecule has 128 valence electrons. The van der Waals surface area contributed by atoms with Gasteiger partial charge in [-0.05, 0) is 37.5 Å². The van der Waals surface area contributed by atoms with Crippen molar-refractivity contribution in [2.45, 2.75) is 96.6 Å². The number of aliphatic hydroxyl groups excluding tert-OH is 1. The van der Waals surface area contributed by atoms with E-state index in [1.54, 1.807) is 0 Å². The van der Waals surface area contributed by atoms with Crippen molar-refractivity contribution < 1.29 is 9.90 Å². The van der Waals surface area contributed by atoms with Crippen LogP contribution in [0.15, 0.2) is 0 Å². The van der Waals surface area contributed by atoms with E-state index in [9.17, 15) is 9.90 Å². The summed E-state index contributed by atoms with van der Waals surface area (Å²) in [6.45, 7) is 4.43. The second kappa shape index (κ2) is 8.90. The molecule has 2 fully saturated rings. The van der Waals surface area contributed by atoms with Gasteiger partial charge in [-0.3, -0.25) is 4.79 Å². The minimum atomic E-state index is -0.455. The number of unbranched alkanes of at least 4 members (excludes halogenated alkanes) is 1. The van der Waals surface area contributed by atoms with Crippen molar-refractivity contribution in [1.29, 1.82) is 0 Å². The molecule has 1 amide bonds. The number of rotatable bonds is 8. The number of aliphatic hydroxyl groups is 1. The van der Waals surface area contributed by atoms with Gasteiger partial charge in [-0.15, -0.1) is 0 Å². The smallest absolute Gasteiger partial charge is 0.225 e. The third-order valence-corrected chi connectivity index (χ3v) is 5.47. The Bertz CT molecular complexity index is 340. The highest BCUT2D eigenvalue weighted by Crippen LogP contribution is 2.37. The number of hydrogen-bond donors (Lipinski definition) is 2. The fourth-order valence-electron chi connectivity index (χ4n) is 3.81. The summed E-state index contributed by atoms with van der Waals surface area (Å²) in [7, 11) is 0. The molecule has 2 N–H and O–H groups in total. The largest absolute Gasteiger partial charge is 0.392 e. The van der Waals surface area contributed by atoms with E-state index in [1.807, 2.05) is 0 Å². The van der Waals surface area contributed by atoms with Gasteiger partial charge in [0.2, 0.25) is 5.91 Å². The lowest BCUT2D eigenvalue weighted by molar-refractivity contribution is -0.130. The minimum absolute atomic E-state index is 0.120. The van der Waals surface area contributed by atoms with E-state index < -0.39 is 6.10 Å². The Morgan fingerprint density at radius 3 is 2.64 bits per heavy atom. The molecule has 22 heavy (non-hydrogen) atoms. The van der Waals surface area contributed by atoms with Gasteiger partial charge < -0.3 is 10.4 Å². The molecule has 0 bridgehead atoms. The zero-order chi connectivity index (χ0) is 15.9. The monoisotopic (exact) mass is 309 g/mol. The maximum absolute atomic E-state index is 12.7. The Balaban J connectivity index is 1.88.